The molecule has 2 aromatic rings. The molecule has 1 heterocycles. The number of pyridine rings is 1. The molecule has 0 aliphatic rings. The molecule has 0 saturated heterocycles. The van der Waals surface area contributed by atoms with E-state index >= 15 is 0 Å². The zero-order valence-electron chi connectivity index (χ0n) is 8.39. The summed E-state index contributed by atoms with van der Waals surface area (Å²) in [5, 5.41) is 18.8. The first-order chi connectivity index (χ1) is 7.66. The Morgan fingerprint density at radius 3 is 2.44 bits per heavy atom. The number of aromatic hydroxyl groups is 2. The Morgan fingerprint density at radius 1 is 1.06 bits per heavy atom. The number of nitrogens with zero attached hydrogens (tertiary/aromatic N) is 1. The molecule has 0 aliphatic heterocycles. The number of aromatic nitrogens is 1. The van der Waals surface area contributed by atoms with Crippen LogP contribution in [0.3, 0.4) is 0 Å². The van der Waals surface area contributed by atoms with Crippen LogP contribution in [-0.4, -0.2) is 15.2 Å². The number of hydrogen-bond donors (Lipinski definition) is 2. The van der Waals surface area contributed by atoms with Crippen molar-refractivity contribution in [2.45, 2.75) is 6.42 Å². The van der Waals surface area contributed by atoms with Gasteiger partial charge in [-0.3, -0.25) is 4.98 Å². The number of halogens is 1. The first-order valence-electron chi connectivity index (χ1n) is 4.77. The Bertz CT molecular complexity index is 497. The summed E-state index contributed by atoms with van der Waals surface area (Å²) in [6.07, 6.45) is 1.76. The molecular weight excluding hydrogens is 209 g/mol. The summed E-state index contributed by atoms with van der Waals surface area (Å²) in [5.41, 5.74) is 1.18. The molecule has 0 spiro atoms. The van der Waals surface area contributed by atoms with E-state index in [4.69, 9.17) is 0 Å². The fourth-order valence-electron chi connectivity index (χ4n) is 1.41. The average Bonchev–Trinajstić information content (AvgIpc) is 2.28. The molecule has 0 aliphatic carbocycles. The number of benzene rings is 1. The lowest BCUT2D eigenvalue weighted by Gasteiger charge is -2.04. The van der Waals surface area contributed by atoms with Crippen LogP contribution in [0.1, 0.15) is 11.3 Å². The molecule has 1 aromatic heterocycles. The SMILES string of the molecule is Oc1ccnc(Cc2ccc(F)cc2)c1O. The Labute approximate surface area is 91.8 Å². The van der Waals surface area contributed by atoms with Crippen LogP contribution in [0.25, 0.3) is 0 Å². The van der Waals surface area contributed by atoms with Crippen molar-refractivity contribution < 1.29 is 14.6 Å². The van der Waals surface area contributed by atoms with Crippen LogP contribution < -0.4 is 0 Å². The van der Waals surface area contributed by atoms with Gasteiger partial charge in [0.15, 0.2) is 11.5 Å². The van der Waals surface area contributed by atoms with Gasteiger partial charge < -0.3 is 10.2 Å². The van der Waals surface area contributed by atoms with E-state index in [2.05, 4.69) is 4.98 Å². The second-order valence-electron chi connectivity index (χ2n) is 3.43. The lowest BCUT2D eigenvalue weighted by molar-refractivity contribution is 0.397. The molecule has 3 nitrogen and oxygen atoms in total. The fourth-order valence-corrected chi connectivity index (χ4v) is 1.41. The van der Waals surface area contributed by atoms with Crippen LogP contribution in [0.2, 0.25) is 0 Å². The first kappa shape index (κ1) is 10.4. The fraction of sp³-hybridized carbons (Fsp3) is 0.0833. The molecule has 4 heteroatoms. The van der Waals surface area contributed by atoms with Crippen molar-refractivity contribution in [2.24, 2.45) is 0 Å². The van der Waals surface area contributed by atoms with E-state index in [0.717, 1.165) is 5.56 Å². The van der Waals surface area contributed by atoms with E-state index in [1.165, 1.54) is 24.4 Å². The summed E-state index contributed by atoms with van der Waals surface area (Å²) >= 11 is 0. The van der Waals surface area contributed by atoms with Gasteiger partial charge >= 0.3 is 0 Å². The number of hydrogen-bond acceptors (Lipinski definition) is 3. The zero-order valence-corrected chi connectivity index (χ0v) is 8.39. The minimum atomic E-state index is -0.308. The molecule has 0 amide bonds. The van der Waals surface area contributed by atoms with Gasteiger partial charge in [0.2, 0.25) is 0 Å². The second kappa shape index (κ2) is 4.18. The van der Waals surface area contributed by atoms with Crippen LogP contribution in [0.4, 0.5) is 4.39 Å². The molecule has 0 atom stereocenters. The van der Waals surface area contributed by atoms with Crippen molar-refractivity contribution >= 4 is 0 Å². The molecule has 0 bridgehead atoms. The van der Waals surface area contributed by atoms with E-state index in [1.807, 2.05) is 0 Å². The van der Waals surface area contributed by atoms with E-state index in [9.17, 15) is 14.6 Å². The Balaban J connectivity index is 2.27. The summed E-state index contributed by atoms with van der Waals surface area (Å²) in [5.74, 6) is -0.740. The van der Waals surface area contributed by atoms with Crippen molar-refractivity contribution in [1.82, 2.24) is 4.98 Å². The van der Waals surface area contributed by atoms with Gasteiger partial charge in [0.1, 0.15) is 5.82 Å². The smallest absolute Gasteiger partial charge is 0.179 e. The Hall–Kier alpha value is -2.10. The minimum Gasteiger partial charge on any atom is -0.504 e. The molecule has 2 N–H and O–H groups in total. The highest BCUT2D eigenvalue weighted by molar-refractivity contribution is 5.42. The van der Waals surface area contributed by atoms with Crippen LogP contribution in [0.5, 0.6) is 11.5 Å². The monoisotopic (exact) mass is 219 g/mol. The molecule has 0 saturated carbocycles. The van der Waals surface area contributed by atoms with Crippen molar-refractivity contribution in [3.05, 3.63) is 53.6 Å². The molecule has 82 valence electrons. The average molecular weight is 219 g/mol. The standard InChI is InChI=1S/C12H10FNO2/c13-9-3-1-8(2-4-9)7-10-12(16)11(15)5-6-14-10/h1-6,16H,7H2,(H,14,15). The summed E-state index contributed by atoms with van der Waals surface area (Å²) in [7, 11) is 0. The summed E-state index contributed by atoms with van der Waals surface area (Å²) in [4.78, 5) is 3.95. The van der Waals surface area contributed by atoms with Crippen molar-refractivity contribution in [2.75, 3.05) is 0 Å². The second-order valence-corrected chi connectivity index (χ2v) is 3.43. The summed E-state index contributed by atoms with van der Waals surface area (Å²) in [6, 6.07) is 7.22. The van der Waals surface area contributed by atoms with Gasteiger partial charge in [-0.2, -0.15) is 0 Å². The lowest BCUT2D eigenvalue weighted by Crippen LogP contribution is -1.92. The van der Waals surface area contributed by atoms with Crippen LogP contribution in [0, 0.1) is 5.82 Å². The lowest BCUT2D eigenvalue weighted by atomic mass is 10.1. The van der Waals surface area contributed by atoms with Gasteiger partial charge in [0.25, 0.3) is 0 Å². The quantitative estimate of drug-likeness (QED) is 0.814. The van der Waals surface area contributed by atoms with Gasteiger partial charge in [-0.25, -0.2) is 4.39 Å². The van der Waals surface area contributed by atoms with E-state index < -0.39 is 0 Å². The van der Waals surface area contributed by atoms with Crippen LogP contribution >= 0.6 is 0 Å². The van der Waals surface area contributed by atoms with Crippen LogP contribution in [0.15, 0.2) is 36.5 Å². The number of rotatable bonds is 2. The van der Waals surface area contributed by atoms with Crippen LogP contribution in [-0.2, 0) is 6.42 Å². The van der Waals surface area contributed by atoms with Crippen molar-refractivity contribution in [1.29, 1.82) is 0 Å². The maximum atomic E-state index is 12.7. The van der Waals surface area contributed by atoms with Gasteiger partial charge in [-0.05, 0) is 17.7 Å². The predicted molar refractivity (Wildman–Crippen MR) is 56.8 cm³/mol. The summed E-state index contributed by atoms with van der Waals surface area (Å²) < 4.78 is 12.7. The molecular formula is C12H10FNO2. The van der Waals surface area contributed by atoms with E-state index in [0.29, 0.717) is 12.1 Å². The van der Waals surface area contributed by atoms with Gasteiger partial charge in [-0.1, -0.05) is 12.1 Å². The highest BCUT2D eigenvalue weighted by Gasteiger charge is 2.07. The van der Waals surface area contributed by atoms with Crippen molar-refractivity contribution in [3.8, 4) is 11.5 Å². The summed E-state index contributed by atoms with van der Waals surface area (Å²) in [6.45, 7) is 0. The van der Waals surface area contributed by atoms with E-state index in [1.54, 1.807) is 12.1 Å². The maximum absolute atomic E-state index is 12.7. The Morgan fingerprint density at radius 2 is 1.75 bits per heavy atom. The molecule has 0 unspecified atom stereocenters. The molecule has 1 aromatic carbocycles. The Kier molecular flexibility index (Phi) is 2.72. The molecule has 0 radical (unpaired) electrons. The maximum Gasteiger partial charge on any atom is 0.179 e. The third-order valence-corrected chi connectivity index (χ3v) is 2.26. The van der Waals surface area contributed by atoms with Gasteiger partial charge in [-0.15, -0.1) is 0 Å². The van der Waals surface area contributed by atoms with Gasteiger partial charge in [0.05, 0.1) is 5.69 Å². The van der Waals surface area contributed by atoms with Gasteiger partial charge in [0, 0.05) is 18.7 Å². The molecule has 2 rings (SSSR count). The minimum absolute atomic E-state index is 0.202. The third kappa shape index (κ3) is 2.11. The first-order valence-corrected chi connectivity index (χ1v) is 4.77. The topological polar surface area (TPSA) is 53.4 Å². The third-order valence-electron chi connectivity index (χ3n) is 2.26. The largest absolute Gasteiger partial charge is 0.504 e. The van der Waals surface area contributed by atoms with E-state index in [-0.39, 0.29) is 17.3 Å². The predicted octanol–water partition coefficient (Wildman–Crippen LogP) is 2.22. The zero-order chi connectivity index (χ0) is 11.5. The molecule has 16 heavy (non-hydrogen) atoms. The van der Waals surface area contributed by atoms with Crippen molar-refractivity contribution in [3.63, 3.8) is 0 Å². The molecule has 0 fully saturated rings. The highest BCUT2D eigenvalue weighted by Crippen LogP contribution is 2.27. The normalized spacial score (nSPS) is 10.3. The highest BCUT2D eigenvalue weighted by atomic mass is 19.1.